The van der Waals surface area contributed by atoms with E-state index in [1.807, 2.05) is 29.5 Å². The highest BCUT2D eigenvalue weighted by Gasteiger charge is 2.35. The Balaban J connectivity index is 0.00000220. The van der Waals surface area contributed by atoms with Crippen LogP contribution in [0.2, 0.25) is 0 Å². The Labute approximate surface area is 145 Å². The number of carbonyl (C=O) groups excluding carboxylic acids is 1. The second-order valence-electron chi connectivity index (χ2n) is 6.50. The summed E-state index contributed by atoms with van der Waals surface area (Å²) in [4.78, 5) is 14.3. The van der Waals surface area contributed by atoms with Crippen LogP contribution in [0.4, 0.5) is 0 Å². The maximum absolute atomic E-state index is 12.4. The Morgan fingerprint density at radius 1 is 1.45 bits per heavy atom. The van der Waals surface area contributed by atoms with Gasteiger partial charge in [0.15, 0.2) is 0 Å². The van der Waals surface area contributed by atoms with Crippen molar-refractivity contribution in [3.63, 3.8) is 0 Å². The van der Waals surface area contributed by atoms with Crippen LogP contribution in [0.3, 0.4) is 0 Å². The minimum Gasteiger partial charge on any atom is -0.342 e. The van der Waals surface area contributed by atoms with Gasteiger partial charge in [-0.2, -0.15) is 5.10 Å². The fourth-order valence-electron chi connectivity index (χ4n) is 2.96. The Morgan fingerprint density at radius 2 is 2.09 bits per heavy atom. The second kappa shape index (κ2) is 8.18. The summed E-state index contributed by atoms with van der Waals surface area (Å²) in [5.74, 6) is 0.210. The molecule has 1 saturated heterocycles. The summed E-state index contributed by atoms with van der Waals surface area (Å²) in [6, 6.07) is 2.14. The summed E-state index contributed by atoms with van der Waals surface area (Å²) in [6.45, 7) is 10.5. The van der Waals surface area contributed by atoms with Gasteiger partial charge in [-0.1, -0.05) is 6.92 Å². The standard InChI is InChI=1S/C15H26N4O.2ClH/c1-11-7-12(2)19(17-11)13(3)8-14(20)18-6-5-15(4,9-16)10-18;;/h7,13H,5-6,8-10,16H2,1-4H3;2*1H. The predicted molar refractivity (Wildman–Crippen MR) is 93.9 cm³/mol. The van der Waals surface area contributed by atoms with E-state index in [-0.39, 0.29) is 42.2 Å². The van der Waals surface area contributed by atoms with Crippen LogP contribution < -0.4 is 5.73 Å². The van der Waals surface area contributed by atoms with E-state index >= 15 is 0 Å². The number of nitrogens with two attached hydrogens (primary N) is 1. The maximum atomic E-state index is 12.4. The topological polar surface area (TPSA) is 64.2 Å². The van der Waals surface area contributed by atoms with Crippen LogP contribution in [0.15, 0.2) is 6.07 Å². The smallest absolute Gasteiger partial charge is 0.224 e. The molecule has 1 aliphatic rings. The average molecular weight is 351 g/mol. The van der Waals surface area contributed by atoms with Gasteiger partial charge in [-0.15, -0.1) is 24.8 Å². The van der Waals surface area contributed by atoms with E-state index < -0.39 is 0 Å². The van der Waals surface area contributed by atoms with E-state index in [9.17, 15) is 4.79 Å². The Bertz CT molecular complexity index is 506. The summed E-state index contributed by atoms with van der Waals surface area (Å²) < 4.78 is 1.95. The zero-order valence-corrected chi connectivity index (χ0v) is 15.5. The van der Waals surface area contributed by atoms with E-state index in [4.69, 9.17) is 5.73 Å². The molecule has 0 saturated carbocycles. The number of hydrogen-bond acceptors (Lipinski definition) is 3. The molecule has 7 heteroatoms. The van der Waals surface area contributed by atoms with E-state index in [2.05, 4.69) is 18.9 Å². The van der Waals surface area contributed by atoms with Gasteiger partial charge < -0.3 is 10.6 Å². The van der Waals surface area contributed by atoms with E-state index in [1.165, 1.54) is 0 Å². The lowest BCUT2D eigenvalue weighted by Crippen LogP contribution is -2.35. The van der Waals surface area contributed by atoms with Crippen molar-refractivity contribution in [2.45, 2.75) is 46.6 Å². The second-order valence-corrected chi connectivity index (χ2v) is 6.50. The monoisotopic (exact) mass is 350 g/mol. The van der Waals surface area contributed by atoms with Crippen LogP contribution in [-0.2, 0) is 4.79 Å². The summed E-state index contributed by atoms with van der Waals surface area (Å²) in [5.41, 5.74) is 7.99. The maximum Gasteiger partial charge on any atom is 0.224 e. The number of nitrogens with zero attached hydrogens (tertiary/aromatic N) is 3. The lowest BCUT2D eigenvalue weighted by Gasteiger charge is -2.24. The molecule has 2 atom stereocenters. The van der Waals surface area contributed by atoms with Crippen molar-refractivity contribution in [2.24, 2.45) is 11.1 Å². The van der Waals surface area contributed by atoms with E-state index in [0.29, 0.717) is 13.0 Å². The molecular weight excluding hydrogens is 323 g/mol. The van der Waals surface area contributed by atoms with Crippen LogP contribution in [0.5, 0.6) is 0 Å². The highest BCUT2D eigenvalue weighted by Crippen LogP contribution is 2.29. The quantitative estimate of drug-likeness (QED) is 0.907. The molecule has 1 amide bonds. The first-order valence-corrected chi connectivity index (χ1v) is 7.35. The van der Waals surface area contributed by atoms with Gasteiger partial charge in [0.05, 0.1) is 11.7 Å². The van der Waals surface area contributed by atoms with Crippen LogP contribution in [0.25, 0.3) is 0 Å². The molecular formula is C15H28Cl2N4O. The van der Waals surface area contributed by atoms with Gasteiger partial charge >= 0.3 is 0 Å². The number of amides is 1. The minimum absolute atomic E-state index is 0. The van der Waals surface area contributed by atoms with Gasteiger partial charge in [0.2, 0.25) is 5.91 Å². The van der Waals surface area contributed by atoms with Gasteiger partial charge in [-0.3, -0.25) is 9.48 Å². The van der Waals surface area contributed by atoms with Crippen molar-refractivity contribution < 1.29 is 4.79 Å². The molecule has 128 valence electrons. The number of hydrogen-bond donors (Lipinski definition) is 1. The third-order valence-corrected chi connectivity index (χ3v) is 4.34. The number of carbonyl (C=O) groups is 1. The molecule has 2 heterocycles. The molecule has 0 spiro atoms. The number of aryl methyl sites for hydroxylation is 2. The van der Waals surface area contributed by atoms with Crippen molar-refractivity contribution in [3.8, 4) is 0 Å². The summed E-state index contributed by atoms with van der Waals surface area (Å²) in [7, 11) is 0. The van der Waals surface area contributed by atoms with Crippen molar-refractivity contribution >= 4 is 30.7 Å². The van der Waals surface area contributed by atoms with Crippen LogP contribution in [-0.4, -0.2) is 40.2 Å². The molecule has 1 aromatic rings. The van der Waals surface area contributed by atoms with Gasteiger partial charge in [0.1, 0.15) is 0 Å². The molecule has 1 fully saturated rings. The normalized spacial score (nSPS) is 22.0. The molecule has 0 aliphatic carbocycles. The molecule has 1 aromatic heterocycles. The van der Waals surface area contributed by atoms with Crippen molar-refractivity contribution in [3.05, 3.63) is 17.5 Å². The largest absolute Gasteiger partial charge is 0.342 e. The molecule has 0 aromatic carbocycles. The minimum atomic E-state index is 0. The average Bonchev–Trinajstić information content (AvgIpc) is 2.93. The van der Waals surface area contributed by atoms with Gasteiger partial charge in [0.25, 0.3) is 0 Å². The number of halogens is 2. The van der Waals surface area contributed by atoms with Gasteiger partial charge in [-0.25, -0.2) is 0 Å². The van der Waals surface area contributed by atoms with Crippen molar-refractivity contribution in [1.82, 2.24) is 14.7 Å². The van der Waals surface area contributed by atoms with Gasteiger partial charge in [-0.05, 0) is 45.2 Å². The third-order valence-electron chi connectivity index (χ3n) is 4.34. The fourth-order valence-corrected chi connectivity index (χ4v) is 2.96. The lowest BCUT2D eigenvalue weighted by atomic mass is 9.90. The molecule has 22 heavy (non-hydrogen) atoms. The lowest BCUT2D eigenvalue weighted by molar-refractivity contribution is -0.131. The van der Waals surface area contributed by atoms with E-state index in [1.54, 1.807) is 0 Å². The van der Waals surface area contributed by atoms with Crippen molar-refractivity contribution in [2.75, 3.05) is 19.6 Å². The highest BCUT2D eigenvalue weighted by molar-refractivity contribution is 5.85. The molecule has 5 nitrogen and oxygen atoms in total. The first-order chi connectivity index (χ1) is 9.34. The van der Waals surface area contributed by atoms with Gasteiger partial charge in [0, 0.05) is 25.2 Å². The van der Waals surface area contributed by atoms with E-state index in [0.717, 1.165) is 30.9 Å². The molecule has 2 N–H and O–H groups in total. The third kappa shape index (κ3) is 4.61. The SMILES string of the molecule is Cc1cc(C)n(C(C)CC(=O)N2CCC(C)(CN)C2)n1.Cl.Cl. The predicted octanol–water partition coefficient (Wildman–Crippen LogP) is 2.49. The summed E-state index contributed by atoms with van der Waals surface area (Å²) in [6.07, 6.45) is 1.51. The Morgan fingerprint density at radius 3 is 2.55 bits per heavy atom. The first-order valence-electron chi connectivity index (χ1n) is 7.35. The number of rotatable bonds is 4. The molecule has 2 unspecified atom stereocenters. The Kier molecular flexibility index (Phi) is 7.89. The van der Waals surface area contributed by atoms with Crippen molar-refractivity contribution in [1.29, 1.82) is 0 Å². The van der Waals surface area contributed by atoms with Crippen LogP contribution >= 0.6 is 24.8 Å². The first kappa shape index (κ1) is 21.2. The van der Waals surface area contributed by atoms with Crippen LogP contribution in [0.1, 0.15) is 44.1 Å². The highest BCUT2D eigenvalue weighted by atomic mass is 35.5. The molecule has 1 aliphatic heterocycles. The summed E-state index contributed by atoms with van der Waals surface area (Å²) in [5, 5.41) is 4.46. The van der Waals surface area contributed by atoms with Crippen LogP contribution in [0, 0.1) is 19.3 Å². The zero-order chi connectivity index (χ0) is 14.9. The molecule has 0 bridgehead atoms. The molecule has 0 radical (unpaired) electrons. The summed E-state index contributed by atoms with van der Waals surface area (Å²) >= 11 is 0. The number of likely N-dealkylation sites (tertiary alicyclic amines) is 1. The fraction of sp³-hybridized carbons (Fsp3) is 0.733. The Hall–Kier alpha value is -0.780. The zero-order valence-electron chi connectivity index (χ0n) is 13.8. The number of aromatic nitrogens is 2. The molecule has 2 rings (SSSR count).